The maximum atomic E-state index is 10.6. The van der Waals surface area contributed by atoms with Gasteiger partial charge in [-0.05, 0) is 118 Å². The third-order valence-corrected chi connectivity index (χ3v) is 10.5. The monoisotopic (exact) mass is 359 g/mol. The smallest absolute Gasteiger partial charge is 0.0596 e. The highest BCUT2D eigenvalue weighted by molar-refractivity contribution is 5.09. The van der Waals surface area contributed by atoms with Gasteiger partial charge >= 0.3 is 0 Å². The van der Waals surface area contributed by atoms with Gasteiger partial charge in [-0.25, -0.2) is 0 Å². The average molecular weight is 360 g/mol. The van der Waals surface area contributed by atoms with Crippen LogP contribution >= 0.6 is 0 Å². The molecule has 0 aromatic carbocycles. The minimum Gasteiger partial charge on any atom is -0.393 e. The van der Waals surface area contributed by atoms with Crippen LogP contribution in [0.1, 0.15) is 90.9 Å². The summed E-state index contributed by atoms with van der Waals surface area (Å²) >= 11 is 0. The molecule has 26 heavy (non-hydrogen) atoms. The van der Waals surface area contributed by atoms with Crippen molar-refractivity contribution in [2.45, 2.75) is 103 Å². The summed E-state index contributed by atoms with van der Waals surface area (Å²) in [5, 5.41) is 10.6. The second-order valence-corrected chi connectivity index (χ2v) is 11.3. The number of hydrogen-bond acceptors (Lipinski definition) is 2. The Morgan fingerprint density at radius 1 is 0.769 bits per heavy atom. The van der Waals surface area contributed by atoms with E-state index in [-0.39, 0.29) is 11.5 Å². The second kappa shape index (κ2) is 6.48. The normalized spacial score (nSPS) is 55.0. The van der Waals surface area contributed by atoms with Gasteiger partial charge in [0.15, 0.2) is 0 Å². The van der Waals surface area contributed by atoms with Gasteiger partial charge in [-0.3, -0.25) is 0 Å². The highest BCUT2D eigenvalue weighted by Gasteiger charge is 2.60. The Kier molecular flexibility index (Phi) is 4.48. The molecule has 4 saturated carbocycles. The van der Waals surface area contributed by atoms with Crippen LogP contribution in [0.4, 0.5) is 0 Å². The van der Waals surface area contributed by atoms with Crippen molar-refractivity contribution in [1.82, 2.24) is 4.90 Å². The summed E-state index contributed by atoms with van der Waals surface area (Å²) in [4.78, 5) is 2.86. The van der Waals surface area contributed by atoms with Gasteiger partial charge in [-0.2, -0.15) is 0 Å². The van der Waals surface area contributed by atoms with Crippen molar-refractivity contribution in [1.29, 1.82) is 0 Å². The summed E-state index contributed by atoms with van der Waals surface area (Å²) in [7, 11) is 0. The first kappa shape index (κ1) is 18.0. The van der Waals surface area contributed by atoms with Crippen LogP contribution in [0.15, 0.2) is 0 Å². The number of nitrogens with zero attached hydrogens (tertiary/aromatic N) is 1. The quantitative estimate of drug-likeness (QED) is 0.691. The zero-order valence-electron chi connectivity index (χ0n) is 17.3. The summed E-state index contributed by atoms with van der Waals surface area (Å²) in [6, 6.07) is 0.895. The van der Waals surface area contributed by atoms with E-state index in [0.717, 1.165) is 36.1 Å². The first-order chi connectivity index (χ1) is 12.5. The lowest BCUT2D eigenvalue weighted by Gasteiger charge is -2.61. The molecule has 1 saturated heterocycles. The van der Waals surface area contributed by atoms with Crippen LogP contribution in [0.25, 0.3) is 0 Å². The van der Waals surface area contributed by atoms with Crippen molar-refractivity contribution in [3.63, 3.8) is 0 Å². The number of fused-ring (bicyclic) bond motifs is 5. The highest BCUT2D eigenvalue weighted by Crippen LogP contribution is 2.66. The first-order valence-corrected chi connectivity index (χ1v) is 11.9. The van der Waals surface area contributed by atoms with Gasteiger partial charge in [0.05, 0.1) is 6.10 Å². The van der Waals surface area contributed by atoms with E-state index in [1.807, 2.05) is 0 Å². The van der Waals surface area contributed by atoms with E-state index in [1.165, 1.54) is 83.7 Å². The fraction of sp³-hybridized carbons (Fsp3) is 1.00. The van der Waals surface area contributed by atoms with Crippen LogP contribution in [-0.2, 0) is 0 Å². The van der Waals surface area contributed by atoms with E-state index in [9.17, 15) is 5.11 Å². The lowest BCUT2D eigenvalue weighted by molar-refractivity contribution is -0.129. The summed E-state index contributed by atoms with van der Waals surface area (Å²) in [6.45, 7) is 7.86. The van der Waals surface area contributed by atoms with Crippen molar-refractivity contribution in [2.75, 3.05) is 13.1 Å². The molecule has 148 valence electrons. The molecule has 0 radical (unpaired) electrons. The lowest BCUT2D eigenvalue weighted by atomic mass is 9.45. The van der Waals surface area contributed by atoms with Crippen molar-refractivity contribution < 1.29 is 5.11 Å². The van der Waals surface area contributed by atoms with Gasteiger partial charge in [-0.1, -0.05) is 20.3 Å². The van der Waals surface area contributed by atoms with E-state index in [1.54, 1.807) is 0 Å². The molecule has 0 aromatic rings. The van der Waals surface area contributed by atoms with Gasteiger partial charge in [0.2, 0.25) is 0 Å². The summed E-state index contributed by atoms with van der Waals surface area (Å²) in [5.74, 6) is 3.65. The van der Waals surface area contributed by atoms with E-state index in [0.29, 0.717) is 5.41 Å². The van der Waals surface area contributed by atoms with Crippen molar-refractivity contribution >= 4 is 0 Å². The average Bonchev–Trinajstić information content (AvgIpc) is 2.97. The standard InChI is InChI=1S/C24H41NO/c1-23-12-10-18(25-14-4-3-5-15-25)16-17(23)6-7-19-20-8-9-22(26)24(20,2)13-11-21(19)23/h17-22,26H,3-16H2,1-2H3. The van der Waals surface area contributed by atoms with Crippen molar-refractivity contribution in [2.24, 2.45) is 34.5 Å². The van der Waals surface area contributed by atoms with Crippen molar-refractivity contribution in [3.8, 4) is 0 Å². The Balaban J connectivity index is 1.33. The Morgan fingerprint density at radius 3 is 2.31 bits per heavy atom. The topological polar surface area (TPSA) is 23.5 Å². The van der Waals surface area contributed by atoms with E-state index in [4.69, 9.17) is 0 Å². The molecular weight excluding hydrogens is 318 g/mol. The van der Waals surface area contributed by atoms with Gasteiger partial charge < -0.3 is 10.0 Å². The molecular formula is C24H41NO. The molecule has 5 rings (SSSR count). The summed E-state index contributed by atoms with van der Waals surface area (Å²) in [6.07, 6.45) is 16.7. The van der Waals surface area contributed by atoms with Crippen LogP contribution in [0.2, 0.25) is 0 Å². The minimum atomic E-state index is -0.0196. The SMILES string of the molecule is CC12CCC3C(CCC4CC(N5CCCCC5)CCC43C)C1CCC2O. The number of aliphatic hydroxyl groups excluding tert-OH is 1. The molecule has 0 amide bonds. The maximum Gasteiger partial charge on any atom is 0.0596 e. The highest BCUT2D eigenvalue weighted by atomic mass is 16.3. The Labute approximate surface area is 161 Å². The van der Waals surface area contributed by atoms with Gasteiger partial charge in [0.25, 0.3) is 0 Å². The summed E-state index contributed by atoms with van der Waals surface area (Å²) < 4.78 is 0. The van der Waals surface area contributed by atoms with Crippen LogP contribution < -0.4 is 0 Å². The lowest BCUT2D eigenvalue weighted by Crippen LogP contribution is -2.56. The van der Waals surface area contributed by atoms with E-state index in [2.05, 4.69) is 18.7 Å². The Bertz CT molecular complexity index is 528. The molecule has 1 heterocycles. The van der Waals surface area contributed by atoms with Crippen LogP contribution in [0.3, 0.4) is 0 Å². The molecule has 0 spiro atoms. The minimum absolute atomic E-state index is 0.0196. The van der Waals surface area contributed by atoms with Crippen LogP contribution in [0, 0.1) is 34.5 Å². The number of piperidine rings is 1. The molecule has 0 bridgehead atoms. The van der Waals surface area contributed by atoms with E-state index < -0.39 is 0 Å². The first-order valence-electron chi connectivity index (χ1n) is 11.9. The molecule has 5 aliphatic rings. The largest absolute Gasteiger partial charge is 0.393 e. The Morgan fingerprint density at radius 2 is 1.50 bits per heavy atom. The number of aliphatic hydroxyl groups is 1. The molecule has 0 aromatic heterocycles. The number of hydrogen-bond donors (Lipinski definition) is 1. The molecule has 8 atom stereocenters. The third-order valence-electron chi connectivity index (χ3n) is 10.5. The Hall–Kier alpha value is -0.0800. The number of likely N-dealkylation sites (tertiary alicyclic amines) is 1. The van der Waals surface area contributed by atoms with E-state index >= 15 is 0 Å². The molecule has 2 heteroatoms. The zero-order chi connectivity index (χ0) is 17.9. The summed E-state index contributed by atoms with van der Waals surface area (Å²) in [5.41, 5.74) is 0.847. The maximum absolute atomic E-state index is 10.6. The van der Waals surface area contributed by atoms with Gasteiger partial charge in [-0.15, -0.1) is 0 Å². The fourth-order valence-corrected chi connectivity index (χ4v) is 8.82. The molecule has 8 unspecified atom stereocenters. The molecule has 4 aliphatic carbocycles. The van der Waals surface area contributed by atoms with Gasteiger partial charge in [0.1, 0.15) is 0 Å². The predicted molar refractivity (Wildman–Crippen MR) is 107 cm³/mol. The molecule has 2 nitrogen and oxygen atoms in total. The second-order valence-electron chi connectivity index (χ2n) is 11.3. The van der Waals surface area contributed by atoms with Crippen LogP contribution in [-0.4, -0.2) is 35.2 Å². The molecule has 5 fully saturated rings. The van der Waals surface area contributed by atoms with Crippen molar-refractivity contribution in [3.05, 3.63) is 0 Å². The zero-order valence-corrected chi connectivity index (χ0v) is 17.3. The fourth-order valence-electron chi connectivity index (χ4n) is 8.82. The third kappa shape index (κ3) is 2.57. The van der Waals surface area contributed by atoms with Gasteiger partial charge in [0, 0.05) is 6.04 Å². The predicted octanol–water partition coefficient (Wildman–Crippen LogP) is 5.24. The molecule has 1 aliphatic heterocycles. The number of rotatable bonds is 1. The molecule has 1 N–H and O–H groups in total. The van der Waals surface area contributed by atoms with Crippen LogP contribution in [0.5, 0.6) is 0 Å².